The van der Waals surface area contributed by atoms with E-state index in [1.54, 1.807) is 4.90 Å². The Balaban J connectivity index is 1.98. The fraction of sp³-hybridized carbons (Fsp3) is 0.846. The molecule has 0 aliphatic carbocycles. The van der Waals surface area contributed by atoms with Gasteiger partial charge < -0.3 is 14.9 Å². The van der Waals surface area contributed by atoms with Gasteiger partial charge in [0.15, 0.2) is 0 Å². The van der Waals surface area contributed by atoms with Gasteiger partial charge in [0.1, 0.15) is 6.04 Å². The van der Waals surface area contributed by atoms with Crippen LogP contribution in [0.2, 0.25) is 0 Å². The van der Waals surface area contributed by atoms with Crippen LogP contribution >= 0.6 is 0 Å². The van der Waals surface area contributed by atoms with Crippen LogP contribution in [0.4, 0.5) is 4.79 Å². The van der Waals surface area contributed by atoms with E-state index in [1.807, 2.05) is 0 Å². The Morgan fingerprint density at radius 3 is 2.58 bits per heavy atom. The summed E-state index contributed by atoms with van der Waals surface area (Å²) in [6.45, 7) is 8.05. The lowest BCUT2D eigenvalue weighted by Gasteiger charge is -2.41. The van der Waals surface area contributed by atoms with Crippen molar-refractivity contribution in [3.05, 3.63) is 0 Å². The molecule has 2 amide bonds. The summed E-state index contributed by atoms with van der Waals surface area (Å²) in [6.07, 6.45) is 1.36. The summed E-state index contributed by atoms with van der Waals surface area (Å²) in [7, 11) is 0. The summed E-state index contributed by atoms with van der Waals surface area (Å²) in [5, 5.41) is 9.14. The number of piperazine rings is 1. The summed E-state index contributed by atoms with van der Waals surface area (Å²) < 4.78 is 0. The molecule has 2 unspecified atom stereocenters. The van der Waals surface area contributed by atoms with Crippen LogP contribution in [0.25, 0.3) is 0 Å². The maximum atomic E-state index is 12.4. The highest BCUT2D eigenvalue weighted by Gasteiger charge is 2.37. The number of likely N-dealkylation sites (tertiary alicyclic amines) is 1. The zero-order valence-electron chi connectivity index (χ0n) is 11.7. The van der Waals surface area contributed by atoms with Crippen LogP contribution in [-0.2, 0) is 4.79 Å². The van der Waals surface area contributed by atoms with Crippen molar-refractivity contribution in [2.45, 2.75) is 38.8 Å². The molecule has 2 fully saturated rings. The summed E-state index contributed by atoms with van der Waals surface area (Å²) in [5.41, 5.74) is 0. The van der Waals surface area contributed by atoms with Crippen LogP contribution in [0, 0.1) is 0 Å². The van der Waals surface area contributed by atoms with Crippen LogP contribution in [0.15, 0.2) is 0 Å². The molecule has 2 rings (SSSR count). The Hall–Kier alpha value is -1.30. The van der Waals surface area contributed by atoms with Crippen molar-refractivity contribution in [1.82, 2.24) is 14.7 Å². The third-order valence-electron chi connectivity index (χ3n) is 4.23. The SMILES string of the molecule is CCN1CCN(C(=O)N2CCCC2C(=O)O)CC1C. The monoisotopic (exact) mass is 269 g/mol. The second kappa shape index (κ2) is 5.77. The Kier molecular flexibility index (Phi) is 4.29. The number of carboxylic acids is 1. The molecule has 2 heterocycles. The van der Waals surface area contributed by atoms with Gasteiger partial charge in [0, 0.05) is 32.2 Å². The van der Waals surface area contributed by atoms with E-state index in [0.29, 0.717) is 32.1 Å². The molecule has 0 aromatic rings. The van der Waals surface area contributed by atoms with E-state index in [4.69, 9.17) is 5.11 Å². The van der Waals surface area contributed by atoms with Crippen LogP contribution in [0.5, 0.6) is 0 Å². The smallest absolute Gasteiger partial charge is 0.326 e. The molecule has 0 radical (unpaired) electrons. The second-order valence-corrected chi connectivity index (χ2v) is 5.40. The molecule has 0 aromatic carbocycles. The maximum Gasteiger partial charge on any atom is 0.326 e. The molecule has 0 spiro atoms. The van der Waals surface area contributed by atoms with E-state index in [0.717, 1.165) is 19.5 Å². The maximum absolute atomic E-state index is 12.4. The topological polar surface area (TPSA) is 64.1 Å². The van der Waals surface area contributed by atoms with Crippen molar-refractivity contribution in [3.63, 3.8) is 0 Å². The van der Waals surface area contributed by atoms with Crippen molar-refractivity contribution >= 4 is 12.0 Å². The van der Waals surface area contributed by atoms with Crippen molar-refractivity contribution in [2.24, 2.45) is 0 Å². The first kappa shape index (κ1) is 14.1. The van der Waals surface area contributed by atoms with Crippen molar-refractivity contribution < 1.29 is 14.7 Å². The Bertz CT molecular complexity index is 361. The average molecular weight is 269 g/mol. The summed E-state index contributed by atoms with van der Waals surface area (Å²) >= 11 is 0. The Morgan fingerprint density at radius 1 is 1.26 bits per heavy atom. The molecule has 2 atom stereocenters. The first-order valence-electron chi connectivity index (χ1n) is 7.07. The minimum absolute atomic E-state index is 0.104. The average Bonchev–Trinajstić information content (AvgIpc) is 2.87. The molecule has 0 aromatic heterocycles. The number of nitrogens with zero attached hydrogens (tertiary/aromatic N) is 3. The van der Waals surface area contributed by atoms with Gasteiger partial charge in [-0.2, -0.15) is 0 Å². The van der Waals surface area contributed by atoms with E-state index in [9.17, 15) is 9.59 Å². The van der Waals surface area contributed by atoms with Crippen molar-refractivity contribution in [2.75, 3.05) is 32.7 Å². The van der Waals surface area contributed by atoms with Crippen LogP contribution in [0.1, 0.15) is 26.7 Å². The predicted molar refractivity (Wildman–Crippen MR) is 71.0 cm³/mol. The minimum atomic E-state index is -0.883. The molecular formula is C13H23N3O3. The van der Waals surface area contributed by atoms with E-state index in [-0.39, 0.29) is 6.03 Å². The Labute approximate surface area is 114 Å². The number of hydrogen-bond acceptors (Lipinski definition) is 3. The minimum Gasteiger partial charge on any atom is -0.480 e. The summed E-state index contributed by atoms with van der Waals surface area (Å²) in [4.78, 5) is 29.2. The highest BCUT2D eigenvalue weighted by molar-refractivity contribution is 5.83. The number of carboxylic acid groups (broad SMARTS) is 1. The Morgan fingerprint density at radius 2 is 2.00 bits per heavy atom. The van der Waals surface area contributed by atoms with Crippen molar-refractivity contribution in [1.29, 1.82) is 0 Å². The molecule has 108 valence electrons. The van der Waals surface area contributed by atoms with E-state index in [1.165, 1.54) is 4.90 Å². The van der Waals surface area contributed by atoms with Gasteiger partial charge in [0.2, 0.25) is 0 Å². The standard InChI is InChI=1S/C13H23N3O3/c1-3-14-7-8-15(9-10(14)2)13(19)16-6-4-5-11(16)12(17)18/h10-11H,3-9H2,1-2H3,(H,17,18). The first-order valence-corrected chi connectivity index (χ1v) is 7.07. The quantitative estimate of drug-likeness (QED) is 0.801. The van der Waals surface area contributed by atoms with E-state index >= 15 is 0 Å². The highest BCUT2D eigenvalue weighted by atomic mass is 16.4. The van der Waals surface area contributed by atoms with Gasteiger partial charge in [-0.15, -0.1) is 0 Å². The van der Waals surface area contributed by atoms with E-state index in [2.05, 4.69) is 18.7 Å². The molecule has 1 N–H and O–H groups in total. The van der Waals surface area contributed by atoms with Gasteiger partial charge in [-0.1, -0.05) is 6.92 Å². The number of urea groups is 1. The lowest BCUT2D eigenvalue weighted by Crippen LogP contribution is -2.57. The molecule has 2 aliphatic rings. The van der Waals surface area contributed by atoms with Gasteiger partial charge >= 0.3 is 12.0 Å². The molecule has 0 bridgehead atoms. The molecular weight excluding hydrogens is 246 g/mol. The zero-order valence-corrected chi connectivity index (χ0v) is 11.7. The molecule has 6 nitrogen and oxygen atoms in total. The van der Waals surface area contributed by atoms with Gasteiger partial charge in [-0.05, 0) is 26.3 Å². The van der Waals surface area contributed by atoms with Gasteiger partial charge in [-0.3, -0.25) is 4.90 Å². The lowest BCUT2D eigenvalue weighted by molar-refractivity contribution is -0.141. The molecule has 2 saturated heterocycles. The first-order chi connectivity index (χ1) is 9.04. The van der Waals surface area contributed by atoms with Crippen molar-refractivity contribution in [3.8, 4) is 0 Å². The van der Waals surface area contributed by atoms with Gasteiger partial charge in [-0.25, -0.2) is 9.59 Å². The van der Waals surface area contributed by atoms with Crippen LogP contribution in [0.3, 0.4) is 0 Å². The number of aliphatic carboxylic acids is 1. The normalized spacial score (nSPS) is 28.7. The number of rotatable bonds is 2. The van der Waals surface area contributed by atoms with Crippen LogP contribution in [-0.4, -0.2) is 76.6 Å². The lowest BCUT2D eigenvalue weighted by atomic mass is 10.2. The van der Waals surface area contributed by atoms with Gasteiger partial charge in [0.05, 0.1) is 0 Å². The number of likely N-dealkylation sites (N-methyl/N-ethyl adjacent to an activating group) is 1. The highest BCUT2D eigenvalue weighted by Crippen LogP contribution is 2.20. The molecule has 19 heavy (non-hydrogen) atoms. The second-order valence-electron chi connectivity index (χ2n) is 5.40. The predicted octanol–water partition coefficient (Wildman–Crippen LogP) is 0.681. The number of carbonyl (C=O) groups is 2. The third kappa shape index (κ3) is 2.83. The number of amides is 2. The zero-order chi connectivity index (χ0) is 14.0. The van der Waals surface area contributed by atoms with Crippen LogP contribution < -0.4 is 0 Å². The largest absolute Gasteiger partial charge is 0.480 e. The number of hydrogen-bond donors (Lipinski definition) is 1. The summed E-state index contributed by atoms with van der Waals surface area (Å²) in [6, 6.07) is -0.395. The molecule has 6 heteroatoms. The molecule has 0 saturated carbocycles. The fourth-order valence-corrected chi connectivity index (χ4v) is 3.07. The number of carbonyl (C=O) groups excluding carboxylic acids is 1. The van der Waals surface area contributed by atoms with E-state index < -0.39 is 12.0 Å². The molecule has 2 aliphatic heterocycles. The van der Waals surface area contributed by atoms with Gasteiger partial charge in [0.25, 0.3) is 0 Å². The fourth-order valence-electron chi connectivity index (χ4n) is 3.07. The third-order valence-corrected chi connectivity index (χ3v) is 4.23. The summed E-state index contributed by atoms with van der Waals surface area (Å²) in [5.74, 6) is -0.883.